The zero-order valence-electron chi connectivity index (χ0n) is 15.7. The van der Waals surface area contributed by atoms with E-state index in [9.17, 15) is 4.57 Å². The summed E-state index contributed by atoms with van der Waals surface area (Å²) < 4.78 is 24.7. The van der Waals surface area contributed by atoms with E-state index in [0.29, 0.717) is 26.1 Å². The third-order valence-electron chi connectivity index (χ3n) is 4.68. The van der Waals surface area contributed by atoms with Crippen molar-refractivity contribution in [3.63, 3.8) is 0 Å². The maximum Gasteiger partial charge on any atom is 0.363 e. The molecular formula is C19H27N2O4P. The summed E-state index contributed by atoms with van der Waals surface area (Å²) in [6.45, 7) is 6.40. The van der Waals surface area contributed by atoms with E-state index >= 15 is 0 Å². The Morgan fingerprint density at radius 3 is 2.50 bits per heavy atom. The maximum absolute atomic E-state index is 13.5. The quantitative estimate of drug-likeness (QED) is 0.549. The molecule has 0 aromatic heterocycles. The summed E-state index contributed by atoms with van der Waals surface area (Å²) in [4.78, 5) is 10.3. The number of hydrogen-bond donors (Lipinski definition) is 0. The molecule has 0 bridgehead atoms. The van der Waals surface area contributed by atoms with Crippen LogP contribution < -0.4 is 0 Å². The van der Waals surface area contributed by atoms with Crippen LogP contribution in [0.2, 0.25) is 0 Å². The first-order chi connectivity index (χ1) is 12.6. The second-order valence-corrected chi connectivity index (χ2v) is 8.70. The van der Waals surface area contributed by atoms with Gasteiger partial charge in [-0.15, -0.1) is 0 Å². The molecule has 1 aromatic carbocycles. The molecule has 0 aliphatic carbocycles. The van der Waals surface area contributed by atoms with Crippen LogP contribution in [0.4, 0.5) is 0 Å². The van der Waals surface area contributed by atoms with Crippen molar-refractivity contribution in [1.29, 1.82) is 0 Å². The molecule has 2 atom stereocenters. The first-order valence-corrected chi connectivity index (χ1v) is 10.9. The lowest BCUT2D eigenvalue weighted by atomic mass is 10.0. The third-order valence-corrected chi connectivity index (χ3v) is 7.33. The molecule has 0 saturated carbocycles. The van der Waals surface area contributed by atoms with Crippen LogP contribution in [-0.4, -0.2) is 36.0 Å². The minimum absolute atomic E-state index is 0.295. The smallest absolute Gasteiger partial charge is 0.363 e. The molecule has 0 N–H and O–H groups in total. The van der Waals surface area contributed by atoms with Crippen LogP contribution in [0.5, 0.6) is 0 Å². The Bertz CT molecular complexity index is 724. The number of rotatable bonds is 10. The molecule has 0 saturated heterocycles. The predicted octanol–water partition coefficient (Wildman–Crippen LogP) is 4.79. The summed E-state index contributed by atoms with van der Waals surface area (Å²) in [6, 6.07) is 9.94. The van der Waals surface area contributed by atoms with E-state index in [-0.39, 0.29) is 6.10 Å². The molecule has 6 nitrogen and oxygen atoms in total. The van der Waals surface area contributed by atoms with Gasteiger partial charge in [0.25, 0.3) is 0 Å². The average molecular weight is 378 g/mol. The summed E-state index contributed by atoms with van der Waals surface area (Å²) in [5.41, 5.74) is 2.69. The van der Waals surface area contributed by atoms with Crippen molar-refractivity contribution in [1.82, 2.24) is 0 Å². The van der Waals surface area contributed by atoms with Crippen molar-refractivity contribution in [2.45, 2.75) is 57.8 Å². The standard InChI is InChI=1S/C19H27N2O4P/c1-4-7-13-19(26(22,23-5-2)24-6-3)18(20-19)17-14-16(21-25-17)15-11-9-8-10-12-15/h8-12,17H,4-7,13-14H2,1-3H3. The van der Waals surface area contributed by atoms with Crippen LogP contribution in [0.1, 0.15) is 52.0 Å². The van der Waals surface area contributed by atoms with Gasteiger partial charge in [0, 0.05) is 6.42 Å². The maximum atomic E-state index is 13.5. The molecule has 142 valence electrons. The minimum Gasteiger partial charge on any atom is -0.386 e. The van der Waals surface area contributed by atoms with Crippen molar-refractivity contribution in [3.8, 4) is 0 Å². The van der Waals surface area contributed by atoms with Gasteiger partial charge in [-0.1, -0.05) is 55.3 Å². The Labute approximate surface area is 155 Å². The lowest BCUT2D eigenvalue weighted by Crippen LogP contribution is -2.30. The normalized spacial score (nSPS) is 24.8. The fourth-order valence-corrected chi connectivity index (χ4v) is 5.63. The molecule has 26 heavy (non-hydrogen) atoms. The largest absolute Gasteiger partial charge is 0.386 e. The molecule has 2 aliphatic rings. The van der Waals surface area contributed by atoms with Gasteiger partial charge in [-0.2, -0.15) is 0 Å². The molecule has 0 fully saturated rings. The van der Waals surface area contributed by atoms with Crippen LogP contribution in [0.15, 0.2) is 40.5 Å². The molecule has 0 radical (unpaired) electrons. The van der Waals surface area contributed by atoms with Crippen LogP contribution in [0, 0.1) is 0 Å². The number of nitrogens with zero attached hydrogens (tertiary/aromatic N) is 2. The van der Waals surface area contributed by atoms with E-state index in [1.165, 1.54) is 0 Å². The Kier molecular flexibility index (Phi) is 5.96. The highest BCUT2D eigenvalue weighted by molar-refractivity contribution is 7.57. The zero-order valence-corrected chi connectivity index (χ0v) is 16.6. The Morgan fingerprint density at radius 2 is 1.88 bits per heavy atom. The number of benzene rings is 1. The molecule has 0 spiro atoms. The highest BCUT2D eigenvalue weighted by atomic mass is 31.2. The summed E-state index contributed by atoms with van der Waals surface area (Å²) in [5, 5.41) is 3.36. The van der Waals surface area contributed by atoms with Crippen molar-refractivity contribution < 1.29 is 18.5 Å². The topological polar surface area (TPSA) is 69.5 Å². The predicted molar refractivity (Wildman–Crippen MR) is 103 cm³/mol. The van der Waals surface area contributed by atoms with Gasteiger partial charge in [-0.05, 0) is 25.8 Å². The van der Waals surface area contributed by atoms with Gasteiger partial charge >= 0.3 is 7.60 Å². The summed E-state index contributed by atoms with van der Waals surface area (Å²) in [6.07, 6.45) is 2.86. The fourth-order valence-electron chi connectivity index (χ4n) is 3.36. The zero-order chi connectivity index (χ0) is 18.6. The van der Waals surface area contributed by atoms with Gasteiger partial charge < -0.3 is 13.9 Å². The van der Waals surface area contributed by atoms with Gasteiger partial charge in [0.2, 0.25) is 5.28 Å². The first kappa shape index (κ1) is 19.3. The minimum atomic E-state index is -3.38. The molecule has 3 rings (SSSR count). The molecule has 2 unspecified atom stereocenters. The molecular weight excluding hydrogens is 351 g/mol. The van der Waals surface area contributed by atoms with E-state index in [1.54, 1.807) is 0 Å². The van der Waals surface area contributed by atoms with Crippen molar-refractivity contribution in [3.05, 3.63) is 35.9 Å². The van der Waals surface area contributed by atoms with Crippen molar-refractivity contribution in [2.24, 2.45) is 10.1 Å². The monoisotopic (exact) mass is 378 g/mol. The van der Waals surface area contributed by atoms with E-state index in [4.69, 9.17) is 13.9 Å². The number of hydrogen-bond acceptors (Lipinski definition) is 6. The summed E-state index contributed by atoms with van der Waals surface area (Å²) in [5.74, 6) is 0. The summed E-state index contributed by atoms with van der Waals surface area (Å²) >= 11 is 0. The molecule has 7 heteroatoms. The van der Waals surface area contributed by atoms with Crippen LogP contribution in [0.25, 0.3) is 0 Å². The second-order valence-electron chi connectivity index (χ2n) is 6.45. The summed E-state index contributed by atoms with van der Waals surface area (Å²) in [7, 11) is -3.38. The van der Waals surface area contributed by atoms with Crippen LogP contribution in [0.3, 0.4) is 0 Å². The van der Waals surface area contributed by atoms with E-state index in [1.807, 2.05) is 44.2 Å². The molecule has 2 aliphatic heterocycles. The second kappa shape index (κ2) is 8.03. The van der Waals surface area contributed by atoms with E-state index < -0.39 is 12.9 Å². The van der Waals surface area contributed by atoms with Crippen LogP contribution in [-0.2, 0) is 18.5 Å². The molecule has 1 aromatic rings. The van der Waals surface area contributed by atoms with Crippen molar-refractivity contribution >= 4 is 19.0 Å². The SMILES string of the molecule is CCCCC1(P(=O)(OCC)OCC)N=C1C1CC(c2ccccc2)=NO1. The number of aliphatic imine (C=N–C) groups is 1. The van der Waals surface area contributed by atoms with E-state index in [0.717, 1.165) is 29.8 Å². The molecule has 2 heterocycles. The highest BCUT2D eigenvalue weighted by Crippen LogP contribution is 2.69. The van der Waals surface area contributed by atoms with Crippen molar-refractivity contribution in [2.75, 3.05) is 13.2 Å². The highest BCUT2D eigenvalue weighted by Gasteiger charge is 2.66. The first-order valence-electron chi connectivity index (χ1n) is 9.37. The Morgan fingerprint density at radius 1 is 1.19 bits per heavy atom. The fraction of sp³-hybridized carbons (Fsp3) is 0.579. The van der Waals surface area contributed by atoms with Gasteiger partial charge in [0.15, 0.2) is 6.10 Å². The third kappa shape index (κ3) is 3.51. The Hall–Kier alpha value is -1.49. The lowest BCUT2D eigenvalue weighted by Gasteiger charge is -2.26. The number of unbranched alkanes of at least 4 members (excludes halogenated alkanes) is 1. The van der Waals surface area contributed by atoms with Gasteiger partial charge in [-0.25, -0.2) is 0 Å². The van der Waals surface area contributed by atoms with Crippen LogP contribution >= 0.6 is 7.60 Å². The van der Waals surface area contributed by atoms with Gasteiger partial charge in [0.05, 0.1) is 24.6 Å². The average Bonchev–Trinajstić information content (AvgIpc) is 3.20. The van der Waals surface area contributed by atoms with Gasteiger partial charge in [0.1, 0.15) is 0 Å². The number of oxime groups is 1. The molecule has 0 amide bonds. The van der Waals surface area contributed by atoms with E-state index in [2.05, 4.69) is 17.1 Å². The lowest BCUT2D eigenvalue weighted by molar-refractivity contribution is 0.132. The Balaban J connectivity index is 1.76. The van der Waals surface area contributed by atoms with Gasteiger partial charge in [-0.3, -0.25) is 9.56 Å².